The molecule has 24 heavy (non-hydrogen) atoms. The summed E-state index contributed by atoms with van der Waals surface area (Å²) in [5.41, 5.74) is 0.555. The van der Waals surface area contributed by atoms with Gasteiger partial charge in [0.25, 0.3) is 11.7 Å². The van der Waals surface area contributed by atoms with Crippen LogP contribution < -0.4 is 10.6 Å². The third-order valence-electron chi connectivity index (χ3n) is 3.05. The molecule has 0 spiro atoms. The molecule has 0 saturated carbocycles. The van der Waals surface area contributed by atoms with Gasteiger partial charge in [-0.25, -0.2) is 9.59 Å². The van der Waals surface area contributed by atoms with Gasteiger partial charge in [0.1, 0.15) is 0 Å². The second-order valence-corrected chi connectivity index (χ2v) is 5.84. The van der Waals surface area contributed by atoms with Gasteiger partial charge in [-0.3, -0.25) is 4.79 Å². The van der Waals surface area contributed by atoms with Crippen molar-refractivity contribution in [3.8, 4) is 0 Å². The van der Waals surface area contributed by atoms with Gasteiger partial charge in [0.15, 0.2) is 5.57 Å². The minimum atomic E-state index is -1.29. The highest BCUT2D eigenvalue weighted by Gasteiger charge is 2.38. The molecule has 128 valence electrons. The molecular formula is C16H17ClN2O5. The Labute approximate surface area is 144 Å². The molecule has 0 atom stereocenters. The fraction of sp³-hybridized carbons (Fsp3) is 0.312. The number of benzene rings is 1. The van der Waals surface area contributed by atoms with E-state index in [0.29, 0.717) is 17.8 Å². The normalized spacial score (nSPS) is 16.1. The van der Waals surface area contributed by atoms with Crippen LogP contribution in [0.4, 0.5) is 5.69 Å². The van der Waals surface area contributed by atoms with Crippen LogP contribution in [-0.2, 0) is 19.1 Å². The van der Waals surface area contributed by atoms with E-state index >= 15 is 0 Å². The summed E-state index contributed by atoms with van der Waals surface area (Å²) in [5, 5.41) is 5.64. The van der Waals surface area contributed by atoms with Crippen molar-refractivity contribution in [2.45, 2.75) is 26.6 Å². The predicted molar refractivity (Wildman–Crippen MR) is 87.4 cm³/mol. The van der Waals surface area contributed by atoms with Gasteiger partial charge < -0.3 is 20.1 Å². The number of hydrogen-bond donors (Lipinski definition) is 2. The first-order valence-electron chi connectivity index (χ1n) is 7.24. The summed E-state index contributed by atoms with van der Waals surface area (Å²) in [7, 11) is 0. The Morgan fingerprint density at radius 3 is 2.42 bits per heavy atom. The minimum absolute atomic E-state index is 0.235. The number of cyclic esters (lactones) is 2. The molecule has 1 saturated heterocycles. The smallest absolute Gasteiger partial charge is 0.350 e. The zero-order chi connectivity index (χ0) is 17.9. The summed E-state index contributed by atoms with van der Waals surface area (Å²) >= 11 is 6.07. The first-order valence-corrected chi connectivity index (χ1v) is 7.62. The van der Waals surface area contributed by atoms with E-state index in [-0.39, 0.29) is 16.5 Å². The van der Waals surface area contributed by atoms with E-state index < -0.39 is 17.7 Å². The van der Waals surface area contributed by atoms with E-state index in [4.69, 9.17) is 21.1 Å². The molecule has 1 aromatic carbocycles. The van der Waals surface area contributed by atoms with E-state index in [1.54, 1.807) is 13.0 Å². The maximum absolute atomic E-state index is 11.8. The third-order valence-corrected chi connectivity index (χ3v) is 3.36. The number of ether oxygens (including phenoxy) is 2. The largest absolute Gasteiger partial charge is 0.419 e. The minimum Gasteiger partial charge on any atom is -0.419 e. The number of esters is 2. The number of carbonyl (C=O) groups excluding carboxylic acids is 3. The Kier molecular flexibility index (Phi) is 5.14. The average Bonchev–Trinajstić information content (AvgIpc) is 2.45. The van der Waals surface area contributed by atoms with Gasteiger partial charge >= 0.3 is 11.9 Å². The van der Waals surface area contributed by atoms with Gasteiger partial charge in [0.05, 0.1) is 10.6 Å². The van der Waals surface area contributed by atoms with Crippen LogP contribution in [0.3, 0.4) is 0 Å². The summed E-state index contributed by atoms with van der Waals surface area (Å²) in [6, 6.07) is 4.64. The molecule has 1 aliphatic rings. The lowest BCUT2D eigenvalue weighted by Gasteiger charge is -2.29. The first-order chi connectivity index (χ1) is 11.2. The number of anilines is 1. The molecule has 1 heterocycles. The number of amides is 1. The lowest BCUT2D eigenvalue weighted by molar-refractivity contribution is -0.222. The van der Waals surface area contributed by atoms with Gasteiger partial charge in [0, 0.05) is 32.3 Å². The van der Waals surface area contributed by atoms with Crippen molar-refractivity contribution in [1.82, 2.24) is 5.32 Å². The van der Waals surface area contributed by atoms with Crippen molar-refractivity contribution in [2.24, 2.45) is 0 Å². The molecule has 7 nitrogen and oxygen atoms in total. The highest BCUT2D eigenvalue weighted by Crippen LogP contribution is 2.24. The van der Waals surface area contributed by atoms with Crippen molar-refractivity contribution in [2.75, 3.05) is 11.9 Å². The van der Waals surface area contributed by atoms with Crippen LogP contribution in [0.2, 0.25) is 5.02 Å². The maximum atomic E-state index is 11.8. The Hall–Kier alpha value is -2.54. The first kappa shape index (κ1) is 17.8. The van der Waals surface area contributed by atoms with Crippen molar-refractivity contribution < 1.29 is 23.9 Å². The van der Waals surface area contributed by atoms with Crippen LogP contribution in [0.5, 0.6) is 0 Å². The summed E-state index contributed by atoms with van der Waals surface area (Å²) < 4.78 is 9.95. The molecule has 0 aliphatic carbocycles. The molecule has 0 bridgehead atoms. The van der Waals surface area contributed by atoms with Gasteiger partial charge in [-0.15, -0.1) is 0 Å². The molecule has 1 amide bonds. The number of rotatable bonds is 4. The van der Waals surface area contributed by atoms with E-state index in [2.05, 4.69) is 10.6 Å². The van der Waals surface area contributed by atoms with Gasteiger partial charge in [0.2, 0.25) is 0 Å². The van der Waals surface area contributed by atoms with Crippen LogP contribution in [0, 0.1) is 0 Å². The van der Waals surface area contributed by atoms with Crippen LogP contribution in [0.1, 0.15) is 31.1 Å². The van der Waals surface area contributed by atoms with E-state index in [0.717, 1.165) is 0 Å². The van der Waals surface area contributed by atoms with Crippen molar-refractivity contribution in [3.05, 3.63) is 40.6 Å². The maximum Gasteiger partial charge on any atom is 0.350 e. The van der Waals surface area contributed by atoms with Crippen molar-refractivity contribution in [3.63, 3.8) is 0 Å². The summed E-state index contributed by atoms with van der Waals surface area (Å²) in [4.78, 5) is 35.4. The Bertz CT molecular complexity index is 705. The second kappa shape index (κ2) is 6.92. The topological polar surface area (TPSA) is 93.7 Å². The lowest BCUT2D eigenvalue weighted by atomic mass is 10.2. The molecule has 0 radical (unpaired) electrons. The molecule has 1 fully saturated rings. The van der Waals surface area contributed by atoms with E-state index in [1.807, 2.05) is 0 Å². The summed E-state index contributed by atoms with van der Waals surface area (Å²) in [6.45, 7) is 5.22. The number of hydrogen-bond acceptors (Lipinski definition) is 6. The quantitative estimate of drug-likeness (QED) is 0.490. The molecule has 0 aromatic heterocycles. The Morgan fingerprint density at radius 2 is 1.88 bits per heavy atom. The summed E-state index contributed by atoms with van der Waals surface area (Å²) in [6.07, 6.45) is 1.18. The molecule has 0 unspecified atom stereocenters. The van der Waals surface area contributed by atoms with Crippen molar-refractivity contribution >= 4 is 35.1 Å². The van der Waals surface area contributed by atoms with Crippen LogP contribution >= 0.6 is 11.6 Å². The highest BCUT2D eigenvalue weighted by atomic mass is 35.5. The van der Waals surface area contributed by atoms with Gasteiger partial charge in [-0.2, -0.15) is 0 Å². The number of carbonyl (C=O) groups is 3. The second-order valence-electron chi connectivity index (χ2n) is 5.44. The Morgan fingerprint density at radius 1 is 1.25 bits per heavy atom. The molecule has 1 aromatic rings. The third kappa shape index (κ3) is 4.05. The van der Waals surface area contributed by atoms with Crippen molar-refractivity contribution in [1.29, 1.82) is 0 Å². The van der Waals surface area contributed by atoms with Crippen LogP contribution in [-0.4, -0.2) is 30.2 Å². The lowest BCUT2D eigenvalue weighted by Crippen LogP contribution is -2.42. The number of halogens is 1. The molecular weight excluding hydrogens is 336 g/mol. The zero-order valence-corrected chi connectivity index (χ0v) is 14.2. The molecule has 2 rings (SSSR count). The molecule has 1 aliphatic heterocycles. The fourth-order valence-corrected chi connectivity index (χ4v) is 2.25. The zero-order valence-electron chi connectivity index (χ0n) is 13.4. The summed E-state index contributed by atoms with van der Waals surface area (Å²) in [5.74, 6) is -3.14. The Balaban J connectivity index is 2.14. The standard InChI is InChI=1S/C16H17ClN2O5/c1-4-18-13(20)10-6-5-9(7-12(10)17)19-8-11-14(21)23-16(2,3)24-15(11)22/h5-8,19H,4H2,1-3H3,(H,18,20). The monoisotopic (exact) mass is 352 g/mol. The fourth-order valence-electron chi connectivity index (χ4n) is 1.98. The SMILES string of the molecule is CCNC(=O)c1ccc(NC=C2C(=O)OC(C)(C)OC2=O)cc1Cl. The van der Waals surface area contributed by atoms with Gasteiger partial charge in [-0.1, -0.05) is 11.6 Å². The number of nitrogens with one attached hydrogen (secondary N) is 2. The predicted octanol–water partition coefficient (Wildman–Crippen LogP) is 2.22. The molecule has 2 N–H and O–H groups in total. The highest BCUT2D eigenvalue weighted by molar-refractivity contribution is 6.34. The average molecular weight is 353 g/mol. The van der Waals surface area contributed by atoms with Gasteiger partial charge in [-0.05, 0) is 25.1 Å². The molecule has 8 heteroatoms. The van der Waals surface area contributed by atoms with Crippen LogP contribution in [0.15, 0.2) is 30.0 Å². The van der Waals surface area contributed by atoms with E-state index in [9.17, 15) is 14.4 Å². The van der Waals surface area contributed by atoms with Crippen LogP contribution in [0.25, 0.3) is 0 Å². The van der Waals surface area contributed by atoms with E-state index in [1.165, 1.54) is 32.2 Å².